The standard InChI is InChI=1S/C13H10FNO3S/c1-7(16)12-11(13(17)18)15-10(19-12)6-8-3-2-4-9(14)5-8/h2-5H,6H2,1H3,(H,17,18). The van der Waals surface area contributed by atoms with Crippen LogP contribution < -0.4 is 0 Å². The number of hydrogen-bond acceptors (Lipinski definition) is 4. The van der Waals surface area contributed by atoms with Crippen molar-refractivity contribution in [1.82, 2.24) is 4.98 Å². The molecule has 0 aliphatic heterocycles. The highest BCUT2D eigenvalue weighted by Gasteiger charge is 2.20. The first-order valence-corrected chi connectivity index (χ1v) is 6.27. The van der Waals surface area contributed by atoms with Crippen LogP contribution in [0.4, 0.5) is 4.39 Å². The highest BCUT2D eigenvalue weighted by molar-refractivity contribution is 7.14. The molecule has 19 heavy (non-hydrogen) atoms. The molecular formula is C13H10FNO3S. The average molecular weight is 279 g/mol. The second kappa shape index (κ2) is 5.27. The van der Waals surface area contributed by atoms with Gasteiger partial charge in [-0.15, -0.1) is 11.3 Å². The Kier molecular flexibility index (Phi) is 3.71. The van der Waals surface area contributed by atoms with Gasteiger partial charge in [0.15, 0.2) is 11.5 Å². The van der Waals surface area contributed by atoms with E-state index in [-0.39, 0.29) is 22.2 Å². The van der Waals surface area contributed by atoms with Crippen molar-refractivity contribution in [3.8, 4) is 0 Å². The number of aromatic carboxylic acids is 1. The Morgan fingerprint density at radius 3 is 2.68 bits per heavy atom. The summed E-state index contributed by atoms with van der Waals surface area (Å²) in [4.78, 5) is 26.4. The van der Waals surface area contributed by atoms with Crippen molar-refractivity contribution < 1.29 is 19.1 Å². The molecule has 0 atom stereocenters. The van der Waals surface area contributed by atoms with Gasteiger partial charge in [0, 0.05) is 13.3 Å². The van der Waals surface area contributed by atoms with Gasteiger partial charge in [-0.2, -0.15) is 0 Å². The molecule has 0 aliphatic carbocycles. The quantitative estimate of drug-likeness (QED) is 0.874. The zero-order valence-corrected chi connectivity index (χ0v) is 10.8. The van der Waals surface area contributed by atoms with Crippen LogP contribution in [-0.2, 0) is 6.42 Å². The molecule has 1 aromatic carbocycles. The summed E-state index contributed by atoms with van der Waals surface area (Å²) in [7, 11) is 0. The second-order valence-electron chi connectivity index (χ2n) is 3.95. The van der Waals surface area contributed by atoms with Crippen LogP contribution in [0.3, 0.4) is 0 Å². The number of benzene rings is 1. The Morgan fingerprint density at radius 2 is 2.16 bits per heavy atom. The first kappa shape index (κ1) is 13.4. The minimum atomic E-state index is -1.23. The van der Waals surface area contributed by atoms with E-state index in [9.17, 15) is 14.0 Å². The van der Waals surface area contributed by atoms with Gasteiger partial charge in [-0.05, 0) is 17.7 Å². The third-order valence-electron chi connectivity index (χ3n) is 2.44. The molecule has 0 saturated heterocycles. The summed E-state index contributed by atoms with van der Waals surface area (Å²) in [5.74, 6) is -1.92. The predicted molar refractivity (Wildman–Crippen MR) is 68.3 cm³/mol. The van der Waals surface area contributed by atoms with Gasteiger partial charge in [0.05, 0.1) is 5.01 Å². The van der Waals surface area contributed by atoms with E-state index in [1.807, 2.05) is 0 Å². The predicted octanol–water partition coefficient (Wildman–Crippen LogP) is 2.77. The molecule has 0 saturated carbocycles. The maximum atomic E-state index is 13.0. The average Bonchev–Trinajstić information content (AvgIpc) is 2.73. The molecule has 0 unspecified atom stereocenters. The number of carbonyl (C=O) groups is 2. The van der Waals surface area contributed by atoms with Crippen molar-refractivity contribution in [3.63, 3.8) is 0 Å². The van der Waals surface area contributed by atoms with Crippen LogP contribution in [0.2, 0.25) is 0 Å². The minimum absolute atomic E-state index is 0.124. The van der Waals surface area contributed by atoms with Crippen molar-refractivity contribution in [2.24, 2.45) is 0 Å². The Balaban J connectivity index is 2.34. The SMILES string of the molecule is CC(=O)c1sc(Cc2cccc(F)c2)nc1C(=O)O. The minimum Gasteiger partial charge on any atom is -0.476 e. The van der Waals surface area contributed by atoms with Gasteiger partial charge in [-0.25, -0.2) is 14.2 Å². The van der Waals surface area contributed by atoms with Gasteiger partial charge >= 0.3 is 5.97 Å². The number of carboxylic acid groups (broad SMARTS) is 1. The molecule has 4 nitrogen and oxygen atoms in total. The molecular weight excluding hydrogens is 269 g/mol. The fourth-order valence-electron chi connectivity index (χ4n) is 1.65. The molecule has 0 aliphatic rings. The molecule has 0 fully saturated rings. The van der Waals surface area contributed by atoms with E-state index in [2.05, 4.69) is 4.98 Å². The molecule has 0 amide bonds. The summed E-state index contributed by atoms with van der Waals surface area (Å²) in [6, 6.07) is 5.98. The summed E-state index contributed by atoms with van der Waals surface area (Å²) in [6.07, 6.45) is 0.302. The summed E-state index contributed by atoms with van der Waals surface area (Å²) >= 11 is 1.03. The molecule has 2 aromatic rings. The largest absolute Gasteiger partial charge is 0.476 e. The van der Waals surface area contributed by atoms with Crippen molar-refractivity contribution in [2.75, 3.05) is 0 Å². The number of rotatable bonds is 4. The Morgan fingerprint density at radius 1 is 1.42 bits per heavy atom. The summed E-state index contributed by atoms with van der Waals surface area (Å²) < 4.78 is 13.0. The van der Waals surface area contributed by atoms with Crippen LogP contribution in [0.25, 0.3) is 0 Å². The van der Waals surface area contributed by atoms with Gasteiger partial charge in [-0.1, -0.05) is 12.1 Å². The van der Waals surface area contributed by atoms with Crippen molar-refractivity contribution in [2.45, 2.75) is 13.3 Å². The molecule has 0 spiro atoms. The lowest BCUT2D eigenvalue weighted by molar-refractivity contribution is 0.0687. The number of hydrogen-bond donors (Lipinski definition) is 1. The van der Waals surface area contributed by atoms with Crippen LogP contribution in [0.15, 0.2) is 24.3 Å². The lowest BCUT2D eigenvalue weighted by Crippen LogP contribution is -2.03. The Hall–Kier alpha value is -2.08. The zero-order valence-electron chi connectivity index (χ0n) is 10.0. The number of Topliss-reactive ketones (excluding diaryl/α,β-unsaturated/α-hetero) is 1. The molecule has 1 aromatic heterocycles. The van der Waals surface area contributed by atoms with Crippen molar-refractivity contribution >= 4 is 23.1 Å². The topological polar surface area (TPSA) is 67.3 Å². The van der Waals surface area contributed by atoms with E-state index in [1.54, 1.807) is 12.1 Å². The lowest BCUT2D eigenvalue weighted by Gasteiger charge is -1.97. The fraction of sp³-hybridized carbons (Fsp3) is 0.154. The smallest absolute Gasteiger partial charge is 0.356 e. The number of carbonyl (C=O) groups excluding carboxylic acids is 1. The molecule has 1 heterocycles. The van der Waals surface area contributed by atoms with Crippen LogP contribution in [0.1, 0.15) is 37.7 Å². The van der Waals surface area contributed by atoms with E-state index in [4.69, 9.17) is 5.11 Å². The van der Waals surface area contributed by atoms with Crippen LogP contribution in [-0.4, -0.2) is 21.8 Å². The number of thiazole rings is 1. The summed E-state index contributed by atoms with van der Waals surface area (Å²) in [5, 5.41) is 9.45. The zero-order chi connectivity index (χ0) is 14.0. The van der Waals surface area contributed by atoms with Gasteiger partial charge in [0.1, 0.15) is 10.7 Å². The van der Waals surface area contributed by atoms with Gasteiger partial charge < -0.3 is 5.11 Å². The maximum Gasteiger partial charge on any atom is 0.356 e. The molecule has 98 valence electrons. The summed E-state index contributed by atoms with van der Waals surface area (Å²) in [6.45, 7) is 1.30. The molecule has 2 rings (SSSR count). The molecule has 0 bridgehead atoms. The maximum absolute atomic E-state index is 13.0. The fourth-order valence-corrected chi connectivity index (χ4v) is 2.63. The van der Waals surface area contributed by atoms with Crippen LogP contribution in [0.5, 0.6) is 0 Å². The third kappa shape index (κ3) is 3.03. The van der Waals surface area contributed by atoms with E-state index < -0.39 is 5.97 Å². The molecule has 1 N–H and O–H groups in total. The number of carboxylic acids is 1. The van der Waals surface area contributed by atoms with Gasteiger partial charge in [0.25, 0.3) is 0 Å². The van der Waals surface area contributed by atoms with E-state index in [0.717, 1.165) is 11.3 Å². The van der Waals surface area contributed by atoms with Crippen LogP contribution >= 0.6 is 11.3 Å². The first-order chi connectivity index (χ1) is 8.97. The van der Waals surface area contributed by atoms with Crippen LogP contribution in [0, 0.1) is 5.82 Å². The highest BCUT2D eigenvalue weighted by atomic mass is 32.1. The number of halogens is 1. The van der Waals surface area contributed by atoms with Gasteiger partial charge in [-0.3, -0.25) is 4.79 Å². The monoisotopic (exact) mass is 279 g/mol. The Bertz CT molecular complexity index is 620. The van der Waals surface area contributed by atoms with Crippen molar-refractivity contribution in [1.29, 1.82) is 0 Å². The number of aromatic nitrogens is 1. The lowest BCUT2D eigenvalue weighted by atomic mass is 10.1. The molecule has 0 radical (unpaired) electrons. The normalized spacial score (nSPS) is 10.4. The molecule has 6 heteroatoms. The summed E-state index contributed by atoms with van der Waals surface area (Å²) in [5.41, 5.74) is 0.449. The number of nitrogens with zero attached hydrogens (tertiary/aromatic N) is 1. The third-order valence-corrected chi connectivity index (χ3v) is 3.59. The van der Waals surface area contributed by atoms with Gasteiger partial charge in [0.2, 0.25) is 0 Å². The number of ketones is 1. The Labute approximate surface area is 112 Å². The first-order valence-electron chi connectivity index (χ1n) is 5.45. The highest BCUT2D eigenvalue weighted by Crippen LogP contribution is 2.22. The van der Waals surface area contributed by atoms with E-state index in [1.165, 1.54) is 19.1 Å². The van der Waals surface area contributed by atoms with E-state index in [0.29, 0.717) is 17.0 Å². The second-order valence-corrected chi connectivity index (χ2v) is 5.04. The van der Waals surface area contributed by atoms with E-state index >= 15 is 0 Å². The van der Waals surface area contributed by atoms with Crippen molar-refractivity contribution in [3.05, 3.63) is 51.2 Å².